The van der Waals surface area contributed by atoms with E-state index in [2.05, 4.69) is 17.8 Å². The van der Waals surface area contributed by atoms with Crippen LogP contribution in [0.1, 0.15) is 120 Å². The number of phenolic OH excluding ortho intramolecular Hbond substituents is 1. The molecule has 0 aliphatic heterocycles. The molecule has 5 nitrogen and oxygen atoms in total. The second kappa shape index (κ2) is 17.8. The van der Waals surface area contributed by atoms with Crippen molar-refractivity contribution in [3.05, 3.63) is 29.8 Å². The average Bonchev–Trinajstić information content (AvgIpc) is 2.75. The number of hydrazine groups is 1. The Morgan fingerprint density at radius 2 is 1.17 bits per heavy atom. The lowest BCUT2D eigenvalue weighted by Crippen LogP contribution is -2.41. The van der Waals surface area contributed by atoms with Crippen LogP contribution in [-0.4, -0.2) is 16.9 Å². The zero-order chi connectivity index (χ0) is 21.9. The Morgan fingerprint density at radius 1 is 0.700 bits per heavy atom. The number of carbonyl (C=O) groups is 2. The van der Waals surface area contributed by atoms with Crippen LogP contribution in [0.4, 0.5) is 0 Å². The van der Waals surface area contributed by atoms with E-state index in [0.29, 0.717) is 6.42 Å². The van der Waals surface area contributed by atoms with Crippen LogP contribution in [0, 0.1) is 0 Å². The molecule has 0 aromatic heterocycles. The second-order valence-corrected chi connectivity index (χ2v) is 8.22. The Balaban J connectivity index is 1.87. The minimum Gasteiger partial charge on any atom is -0.507 e. The normalized spacial score (nSPS) is 10.7. The average molecular weight is 419 g/mol. The number of nitrogens with one attached hydrogen (secondary N) is 2. The molecule has 0 saturated heterocycles. The fourth-order valence-corrected chi connectivity index (χ4v) is 3.58. The summed E-state index contributed by atoms with van der Waals surface area (Å²) in [6, 6.07) is 6.24. The number of rotatable bonds is 17. The lowest BCUT2D eigenvalue weighted by molar-refractivity contribution is -0.122. The van der Waals surface area contributed by atoms with Gasteiger partial charge in [-0.3, -0.25) is 20.4 Å². The van der Waals surface area contributed by atoms with Crippen LogP contribution in [0.3, 0.4) is 0 Å². The fourth-order valence-electron chi connectivity index (χ4n) is 3.58. The van der Waals surface area contributed by atoms with Gasteiger partial charge in [-0.25, -0.2) is 0 Å². The van der Waals surface area contributed by atoms with E-state index in [0.717, 1.165) is 19.3 Å². The number of hydrogen-bond donors (Lipinski definition) is 3. The first kappa shape index (κ1) is 26.0. The molecular formula is C25H42N2O3. The monoisotopic (exact) mass is 418 g/mol. The molecule has 1 rings (SSSR count). The summed E-state index contributed by atoms with van der Waals surface area (Å²) in [6.07, 6.45) is 19.8. The summed E-state index contributed by atoms with van der Waals surface area (Å²) >= 11 is 0. The first-order valence-corrected chi connectivity index (χ1v) is 12.0. The molecular weight excluding hydrogens is 376 g/mol. The zero-order valence-corrected chi connectivity index (χ0v) is 18.9. The molecule has 5 heteroatoms. The van der Waals surface area contributed by atoms with E-state index in [9.17, 15) is 14.7 Å². The van der Waals surface area contributed by atoms with Gasteiger partial charge in [0.1, 0.15) is 5.75 Å². The lowest BCUT2D eigenvalue weighted by Gasteiger charge is -2.08. The van der Waals surface area contributed by atoms with Crippen molar-refractivity contribution in [1.29, 1.82) is 0 Å². The predicted molar refractivity (Wildman–Crippen MR) is 123 cm³/mol. The molecule has 0 aliphatic rings. The van der Waals surface area contributed by atoms with Gasteiger partial charge in [0.05, 0.1) is 5.56 Å². The molecule has 0 heterocycles. The van der Waals surface area contributed by atoms with Gasteiger partial charge in [0.2, 0.25) is 5.91 Å². The van der Waals surface area contributed by atoms with E-state index in [1.807, 2.05) is 0 Å². The number of carbonyl (C=O) groups excluding carboxylic acids is 2. The fraction of sp³-hybridized carbons (Fsp3) is 0.680. The molecule has 1 aromatic rings. The highest BCUT2D eigenvalue weighted by molar-refractivity contribution is 5.97. The number of para-hydroxylation sites is 1. The highest BCUT2D eigenvalue weighted by atomic mass is 16.3. The second-order valence-electron chi connectivity index (χ2n) is 8.22. The van der Waals surface area contributed by atoms with Crippen molar-refractivity contribution in [2.45, 2.75) is 110 Å². The topological polar surface area (TPSA) is 78.4 Å². The lowest BCUT2D eigenvalue weighted by atomic mass is 10.0. The molecule has 1 aromatic carbocycles. The molecule has 170 valence electrons. The van der Waals surface area contributed by atoms with Gasteiger partial charge in [0.15, 0.2) is 0 Å². The van der Waals surface area contributed by atoms with E-state index < -0.39 is 5.91 Å². The maximum Gasteiger partial charge on any atom is 0.273 e. The molecule has 0 fully saturated rings. The zero-order valence-electron chi connectivity index (χ0n) is 18.9. The molecule has 0 unspecified atom stereocenters. The van der Waals surface area contributed by atoms with Gasteiger partial charge in [-0.1, -0.05) is 109 Å². The van der Waals surface area contributed by atoms with E-state index in [1.165, 1.54) is 89.2 Å². The number of unbranched alkanes of at least 4 members (excludes halogenated alkanes) is 14. The Bertz CT molecular complexity index is 590. The molecule has 0 radical (unpaired) electrons. The highest BCUT2D eigenvalue weighted by Crippen LogP contribution is 2.15. The molecule has 0 spiro atoms. The quantitative estimate of drug-likeness (QED) is 0.202. The Kier molecular flexibility index (Phi) is 15.4. The van der Waals surface area contributed by atoms with Crippen LogP contribution in [-0.2, 0) is 4.79 Å². The van der Waals surface area contributed by atoms with Gasteiger partial charge in [-0.15, -0.1) is 0 Å². The van der Waals surface area contributed by atoms with E-state index in [1.54, 1.807) is 12.1 Å². The highest BCUT2D eigenvalue weighted by Gasteiger charge is 2.10. The van der Waals surface area contributed by atoms with Crippen molar-refractivity contribution >= 4 is 11.8 Å². The summed E-state index contributed by atoms with van der Waals surface area (Å²) in [6.45, 7) is 2.26. The molecule has 0 atom stereocenters. The summed E-state index contributed by atoms with van der Waals surface area (Å²) in [5.41, 5.74) is 4.89. The van der Waals surface area contributed by atoms with Crippen molar-refractivity contribution in [3.8, 4) is 5.75 Å². The van der Waals surface area contributed by atoms with Gasteiger partial charge in [-0.2, -0.15) is 0 Å². The van der Waals surface area contributed by atoms with E-state index >= 15 is 0 Å². The van der Waals surface area contributed by atoms with Crippen LogP contribution in [0.15, 0.2) is 24.3 Å². The minimum atomic E-state index is -0.516. The first-order valence-electron chi connectivity index (χ1n) is 12.0. The van der Waals surface area contributed by atoms with Gasteiger partial charge in [-0.05, 0) is 18.6 Å². The molecule has 3 N–H and O–H groups in total. The maximum atomic E-state index is 11.9. The van der Waals surface area contributed by atoms with Crippen molar-refractivity contribution in [2.75, 3.05) is 0 Å². The van der Waals surface area contributed by atoms with E-state index in [-0.39, 0.29) is 17.2 Å². The number of amides is 2. The van der Waals surface area contributed by atoms with Gasteiger partial charge >= 0.3 is 0 Å². The van der Waals surface area contributed by atoms with Crippen LogP contribution < -0.4 is 10.9 Å². The number of aromatic hydroxyl groups is 1. The molecule has 0 aliphatic carbocycles. The van der Waals surface area contributed by atoms with Crippen LogP contribution in [0.5, 0.6) is 5.75 Å². The first-order chi connectivity index (χ1) is 14.6. The van der Waals surface area contributed by atoms with Crippen LogP contribution in [0.2, 0.25) is 0 Å². The van der Waals surface area contributed by atoms with Crippen molar-refractivity contribution < 1.29 is 14.7 Å². The van der Waals surface area contributed by atoms with Crippen LogP contribution >= 0.6 is 0 Å². The van der Waals surface area contributed by atoms with Crippen molar-refractivity contribution in [3.63, 3.8) is 0 Å². The molecule has 2 amide bonds. The maximum absolute atomic E-state index is 11.9. The standard InChI is InChI=1S/C25H42N2O3/c1-2-3-4-5-6-7-8-9-10-11-12-13-14-15-16-21-24(29)26-27-25(30)22-19-17-18-20-23(22)28/h17-20,28H,2-16,21H2,1H3,(H,26,29)(H,27,30). The van der Waals surface area contributed by atoms with E-state index in [4.69, 9.17) is 0 Å². The Hall–Kier alpha value is -2.04. The molecule has 0 bridgehead atoms. The Labute approximate surface area is 183 Å². The Morgan fingerprint density at radius 3 is 1.67 bits per heavy atom. The minimum absolute atomic E-state index is 0.105. The largest absolute Gasteiger partial charge is 0.507 e. The SMILES string of the molecule is CCCCCCCCCCCCCCCCCC(=O)NNC(=O)c1ccccc1O. The molecule has 0 saturated carbocycles. The summed E-state index contributed by atoms with van der Waals surface area (Å²) in [4.78, 5) is 23.7. The van der Waals surface area contributed by atoms with Crippen molar-refractivity contribution in [2.24, 2.45) is 0 Å². The molecule has 30 heavy (non-hydrogen) atoms. The van der Waals surface area contributed by atoms with Crippen molar-refractivity contribution in [1.82, 2.24) is 10.9 Å². The summed E-state index contributed by atoms with van der Waals surface area (Å²) in [7, 11) is 0. The summed E-state index contributed by atoms with van der Waals surface area (Å²) in [5, 5.41) is 9.62. The third kappa shape index (κ3) is 13.2. The van der Waals surface area contributed by atoms with Gasteiger partial charge in [0.25, 0.3) is 5.91 Å². The third-order valence-corrected chi connectivity index (χ3v) is 5.47. The number of phenols is 1. The number of benzene rings is 1. The van der Waals surface area contributed by atoms with Crippen LogP contribution in [0.25, 0.3) is 0 Å². The summed E-state index contributed by atoms with van der Waals surface area (Å²) in [5.74, 6) is -0.821. The third-order valence-electron chi connectivity index (χ3n) is 5.47. The summed E-state index contributed by atoms with van der Waals surface area (Å²) < 4.78 is 0. The predicted octanol–water partition coefficient (Wildman–Crippen LogP) is 6.41. The smallest absolute Gasteiger partial charge is 0.273 e. The van der Waals surface area contributed by atoms with Gasteiger partial charge in [0, 0.05) is 6.42 Å². The number of hydrogen-bond acceptors (Lipinski definition) is 3. The van der Waals surface area contributed by atoms with Gasteiger partial charge < -0.3 is 5.11 Å².